The van der Waals surface area contributed by atoms with Gasteiger partial charge in [0.1, 0.15) is 0 Å². The van der Waals surface area contributed by atoms with Gasteiger partial charge in [0.05, 0.1) is 23.2 Å². The van der Waals surface area contributed by atoms with Gasteiger partial charge in [-0.15, -0.1) is 0 Å². The van der Waals surface area contributed by atoms with Crippen LogP contribution in [0, 0.1) is 0 Å². The molecule has 1 heterocycles. The molecule has 0 fully saturated rings. The van der Waals surface area contributed by atoms with Gasteiger partial charge in [0.2, 0.25) is 0 Å². The molecule has 0 spiro atoms. The van der Waals surface area contributed by atoms with Crippen LogP contribution >= 0.6 is 11.6 Å². The number of hydrogen-bond acceptors (Lipinski definition) is 6. The van der Waals surface area contributed by atoms with E-state index in [4.69, 9.17) is 16.3 Å². The van der Waals surface area contributed by atoms with E-state index in [1.54, 1.807) is 54.6 Å². The molecule has 4 aromatic rings. The van der Waals surface area contributed by atoms with Gasteiger partial charge in [-0.25, -0.2) is 5.10 Å². The number of anilines is 1. The second-order valence-corrected chi connectivity index (χ2v) is 7.75. The lowest BCUT2D eigenvalue weighted by Gasteiger charge is -2.12. The number of ether oxygens (including phenoxy) is 1. The van der Waals surface area contributed by atoms with Gasteiger partial charge in [-0.05, 0) is 24.3 Å². The lowest BCUT2D eigenvalue weighted by molar-refractivity contribution is -0.146. The van der Waals surface area contributed by atoms with Gasteiger partial charge < -0.3 is 10.1 Å². The van der Waals surface area contributed by atoms with Crippen molar-refractivity contribution in [2.24, 2.45) is 0 Å². The zero-order valence-electron chi connectivity index (χ0n) is 17.7. The van der Waals surface area contributed by atoms with E-state index < -0.39 is 18.5 Å². The normalized spacial score (nSPS) is 10.6. The highest BCUT2D eigenvalue weighted by molar-refractivity contribution is 6.31. The van der Waals surface area contributed by atoms with E-state index in [2.05, 4.69) is 15.5 Å². The zero-order valence-corrected chi connectivity index (χ0v) is 18.5. The number of ketones is 1. The minimum Gasteiger partial charge on any atom is -0.455 e. The average molecular weight is 476 g/mol. The second-order valence-electron chi connectivity index (χ2n) is 7.32. The molecule has 3 aromatic carbocycles. The summed E-state index contributed by atoms with van der Waals surface area (Å²) < 4.78 is 5.07. The summed E-state index contributed by atoms with van der Waals surface area (Å²) in [6, 6.07) is 19.8. The van der Waals surface area contributed by atoms with Crippen molar-refractivity contribution in [2.75, 3.05) is 11.9 Å². The molecular formula is C25H18ClN3O5. The first-order chi connectivity index (χ1) is 16.4. The van der Waals surface area contributed by atoms with Gasteiger partial charge in [-0.2, -0.15) is 5.10 Å². The first-order valence-corrected chi connectivity index (χ1v) is 10.6. The van der Waals surface area contributed by atoms with E-state index in [1.165, 1.54) is 18.2 Å². The van der Waals surface area contributed by atoms with Gasteiger partial charge >= 0.3 is 5.97 Å². The van der Waals surface area contributed by atoms with Crippen LogP contribution in [0.3, 0.4) is 0 Å². The number of H-pyrrole nitrogens is 1. The standard InChI is InChI=1S/C25H18ClN3O5/c26-16-10-11-20(19(12-16)24(32)15-6-2-1-3-7-15)27-22(30)14-34-23(31)13-21-17-8-4-5-9-18(17)25(33)29-28-21/h1-12H,13-14H2,(H,27,30)(H,29,33). The van der Waals surface area contributed by atoms with Crippen molar-refractivity contribution in [1.82, 2.24) is 10.2 Å². The highest BCUT2D eigenvalue weighted by Gasteiger charge is 2.18. The number of benzene rings is 3. The number of carbonyl (C=O) groups excluding carboxylic acids is 3. The molecular weight excluding hydrogens is 458 g/mol. The number of nitrogens with zero attached hydrogens (tertiary/aromatic N) is 1. The van der Waals surface area contributed by atoms with Crippen molar-refractivity contribution < 1.29 is 19.1 Å². The van der Waals surface area contributed by atoms with Crippen LogP contribution in [-0.2, 0) is 20.7 Å². The molecule has 34 heavy (non-hydrogen) atoms. The summed E-state index contributed by atoms with van der Waals surface area (Å²) in [4.78, 5) is 49.5. The fraction of sp³-hybridized carbons (Fsp3) is 0.0800. The monoisotopic (exact) mass is 475 g/mol. The number of fused-ring (bicyclic) bond motifs is 1. The Bertz CT molecular complexity index is 1450. The Morgan fingerprint density at radius 2 is 1.65 bits per heavy atom. The number of amides is 1. The molecule has 0 aliphatic heterocycles. The highest BCUT2D eigenvalue weighted by atomic mass is 35.5. The number of carbonyl (C=O) groups is 3. The third-order valence-corrected chi connectivity index (χ3v) is 5.22. The Morgan fingerprint density at radius 3 is 2.41 bits per heavy atom. The Kier molecular flexibility index (Phi) is 6.79. The Hall–Kier alpha value is -4.30. The number of rotatable bonds is 7. The maximum absolute atomic E-state index is 12.9. The largest absolute Gasteiger partial charge is 0.455 e. The van der Waals surface area contributed by atoms with Crippen molar-refractivity contribution in [3.63, 3.8) is 0 Å². The van der Waals surface area contributed by atoms with Crippen LogP contribution in [-0.4, -0.2) is 34.5 Å². The van der Waals surface area contributed by atoms with Crippen molar-refractivity contribution in [3.8, 4) is 0 Å². The van der Waals surface area contributed by atoms with Crippen LogP contribution in [0.2, 0.25) is 5.02 Å². The maximum atomic E-state index is 12.9. The van der Waals surface area contributed by atoms with Crippen LogP contribution in [0.1, 0.15) is 21.6 Å². The first kappa shape index (κ1) is 22.9. The fourth-order valence-corrected chi connectivity index (χ4v) is 3.56. The quantitative estimate of drug-likeness (QED) is 0.312. The summed E-state index contributed by atoms with van der Waals surface area (Å²) in [6.45, 7) is -0.568. The van der Waals surface area contributed by atoms with Crippen LogP contribution in [0.4, 0.5) is 5.69 Å². The lowest BCUT2D eigenvalue weighted by atomic mass is 10.0. The molecule has 0 bridgehead atoms. The van der Waals surface area contributed by atoms with Crippen LogP contribution < -0.4 is 10.9 Å². The topological polar surface area (TPSA) is 118 Å². The number of esters is 1. The maximum Gasteiger partial charge on any atom is 0.312 e. The minimum atomic E-state index is -0.698. The lowest BCUT2D eigenvalue weighted by Crippen LogP contribution is -2.23. The Morgan fingerprint density at radius 1 is 0.941 bits per heavy atom. The van der Waals surface area contributed by atoms with Gasteiger partial charge in [0, 0.05) is 21.5 Å². The average Bonchev–Trinajstić information content (AvgIpc) is 2.86. The first-order valence-electron chi connectivity index (χ1n) is 10.2. The molecule has 9 heteroatoms. The highest BCUT2D eigenvalue weighted by Crippen LogP contribution is 2.24. The number of aromatic amines is 1. The summed E-state index contributed by atoms with van der Waals surface area (Å²) in [5.74, 6) is -1.64. The van der Waals surface area contributed by atoms with Crippen molar-refractivity contribution in [1.29, 1.82) is 0 Å². The van der Waals surface area contributed by atoms with Crippen molar-refractivity contribution in [3.05, 3.63) is 105 Å². The van der Waals surface area contributed by atoms with E-state index in [0.717, 1.165) is 0 Å². The molecule has 1 aromatic heterocycles. The molecule has 0 saturated heterocycles. The smallest absolute Gasteiger partial charge is 0.312 e. The molecule has 2 N–H and O–H groups in total. The van der Waals surface area contributed by atoms with E-state index in [9.17, 15) is 19.2 Å². The molecule has 0 aliphatic rings. The molecule has 1 amide bonds. The molecule has 0 radical (unpaired) electrons. The Balaban J connectivity index is 1.42. The van der Waals surface area contributed by atoms with Gasteiger partial charge in [-0.1, -0.05) is 60.1 Å². The van der Waals surface area contributed by atoms with Crippen LogP contribution in [0.5, 0.6) is 0 Å². The van der Waals surface area contributed by atoms with Crippen molar-refractivity contribution >= 4 is 45.7 Å². The van der Waals surface area contributed by atoms with E-state index in [-0.39, 0.29) is 29.0 Å². The third kappa shape index (κ3) is 5.19. The molecule has 0 unspecified atom stereocenters. The number of hydrogen-bond donors (Lipinski definition) is 2. The molecule has 0 aliphatic carbocycles. The second kappa shape index (κ2) is 10.1. The SMILES string of the molecule is O=C(COC(=O)Cc1n[nH]c(=O)c2ccccc12)Nc1ccc(Cl)cc1C(=O)c1ccccc1. The molecule has 0 atom stereocenters. The predicted octanol–water partition coefficient (Wildman–Crippen LogP) is 3.53. The molecule has 4 rings (SSSR count). The van der Waals surface area contributed by atoms with E-state index in [1.807, 2.05) is 0 Å². The summed E-state index contributed by atoms with van der Waals surface area (Å²) in [7, 11) is 0. The third-order valence-electron chi connectivity index (χ3n) is 4.99. The van der Waals surface area contributed by atoms with Crippen LogP contribution in [0.25, 0.3) is 10.8 Å². The summed E-state index contributed by atoms with van der Waals surface area (Å²) in [5.41, 5.74) is 0.854. The summed E-state index contributed by atoms with van der Waals surface area (Å²) in [5, 5.41) is 10.1. The van der Waals surface area contributed by atoms with E-state index >= 15 is 0 Å². The molecule has 0 saturated carbocycles. The number of nitrogens with one attached hydrogen (secondary N) is 2. The molecule has 170 valence electrons. The van der Waals surface area contributed by atoms with Gasteiger partial charge in [0.25, 0.3) is 11.5 Å². The number of aromatic nitrogens is 2. The number of halogens is 1. The van der Waals surface area contributed by atoms with Crippen molar-refractivity contribution in [2.45, 2.75) is 6.42 Å². The molecule has 8 nitrogen and oxygen atoms in total. The summed E-state index contributed by atoms with van der Waals surface area (Å²) >= 11 is 6.05. The predicted molar refractivity (Wildman–Crippen MR) is 127 cm³/mol. The fourth-order valence-electron chi connectivity index (χ4n) is 3.38. The van der Waals surface area contributed by atoms with Gasteiger partial charge in [0.15, 0.2) is 12.4 Å². The summed E-state index contributed by atoms with van der Waals surface area (Å²) in [6.07, 6.45) is -0.233. The van der Waals surface area contributed by atoms with Crippen LogP contribution in [0.15, 0.2) is 77.6 Å². The zero-order chi connectivity index (χ0) is 24.1. The Labute approximate surface area is 198 Å². The van der Waals surface area contributed by atoms with E-state index in [0.29, 0.717) is 27.1 Å². The minimum absolute atomic E-state index is 0.210. The van der Waals surface area contributed by atoms with Gasteiger partial charge in [-0.3, -0.25) is 19.2 Å².